The van der Waals surface area contributed by atoms with E-state index in [1.165, 1.54) is 12.1 Å². The van der Waals surface area contributed by atoms with E-state index in [4.69, 9.17) is 10.8 Å². The van der Waals surface area contributed by atoms with Gasteiger partial charge in [-0.3, -0.25) is 0 Å². The Morgan fingerprint density at radius 1 is 1.54 bits per heavy atom. The first kappa shape index (κ1) is 12.2. The van der Waals surface area contributed by atoms with Crippen LogP contribution in [0.3, 0.4) is 0 Å². The van der Waals surface area contributed by atoms with Crippen molar-refractivity contribution in [2.24, 2.45) is 5.73 Å². The lowest BCUT2D eigenvalue weighted by Gasteiger charge is -2.09. The molecule has 13 heavy (non-hydrogen) atoms. The Morgan fingerprint density at radius 3 is 2.62 bits per heavy atom. The number of halogens is 2. The molecular weight excluding hydrogens is 193 g/mol. The number of hydrogen-bond acceptors (Lipinski definition) is 2. The summed E-state index contributed by atoms with van der Waals surface area (Å²) in [5, 5.41) is 8.91. The molecule has 3 N–H and O–H groups in total. The van der Waals surface area contributed by atoms with Crippen molar-refractivity contribution in [1.29, 1.82) is 0 Å². The van der Waals surface area contributed by atoms with Crippen LogP contribution >= 0.6 is 12.4 Å². The maximum atomic E-state index is 13.0. The normalized spacial score (nSPS) is 11.9. The minimum atomic E-state index is -0.440. The lowest BCUT2D eigenvalue weighted by molar-refractivity contribution is 0.466. The summed E-state index contributed by atoms with van der Waals surface area (Å²) in [4.78, 5) is 0. The lowest BCUT2D eigenvalue weighted by Crippen LogP contribution is -2.10. The zero-order chi connectivity index (χ0) is 9.14. The van der Waals surface area contributed by atoms with Crippen molar-refractivity contribution < 1.29 is 9.50 Å². The Labute approximate surface area is 83.0 Å². The van der Waals surface area contributed by atoms with Gasteiger partial charge in [-0.05, 0) is 12.5 Å². The quantitative estimate of drug-likeness (QED) is 0.779. The third-order valence-electron chi connectivity index (χ3n) is 1.82. The van der Waals surface area contributed by atoms with Crippen LogP contribution < -0.4 is 5.73 Å². The van der Waals surface area contributed by atoms with Gasteiger partial charge in [0, 0.05) is 17.7 Å². The molecule has 0 saturated heterocycles. The third kappa shape index (κ3) is 2.86. The second kappa shape index (κ2) is 5.04. The SMILES string of the molecule is CC[C@H](N)c1ccc(O)cc1F.Cl. The van der Waals surface area contributed by atoms with E-state index in [1.54, 1.807) is 0 Å². The van der Waals surface area contributed by atoms with E-state index in [1.807, 2.05) is 6.92 Å². The zero-order valence-electron chi connectivity index (χ0n) is 7.33. The molecule has 0 aromatic heterocycles. The Morgan fingerprint density at radius 2 is 2.15 bits per heavy atom. The van der Waals surface area contributed by atoms with E-state index in [0.29, 0.717) is 12.0 Å². The molecule has 0 aliphatic rings. The van der Waals surface area contributed by atoms with Crippen LogP contribution in [0.4, 0.5) is 4.39 Å². The van der Waals surface area contributed by atoms with E-state index >= 15 is 0 Å². The molecule has 0 fully saturated rings. The molecule has 1 aromatic carbocycles. The van der Waals surface area contributed by atoms with Crippen molar-refractivity contribution in [1.82, 2.24) is 0 Å². The van der Waals surface area contributed by atoms with Crippen molar-refractivity contribution in [2.45, 2.75) is 19.4 Å². The minimum Gasteiger partial charge on any atom is -0.508 e. The highest BCUT2D eigenvalue weighted by atomic mass is 35.5. The first-order valence-corrected chi connectivity index (χ1v) is 3.89. The number of phenolic OH excluding ortho intramolecular Hbond substituents is 1. The largest absolute Gasteiger partial charge is 0.508 e. The van der Waals surface area contributed by atoms with Crippen molar-refractivity contribution in [2.75, 3.05) is 0 Å². The van der Waals surface area contributed by atoms with E-state index in [-0.39, 0.29) is 24.2 Å². The van der Waals surface area contributed by atoms with Gasteiger partial charge in [0.25, 0.3) is 0 Å². The Kier molecular flexibility index (Phi) is 4.73. The molecule has 0 heterocycles. The molecule has 1 atom stereocenters. The summed E-state index contributed by atoms with van der Waals surface area (Å²) < 4.78 is 13.0. The molecule has 0 amide bonds. The maximum Gasteiger partial charge on any atom is 0.131 e. The molecule has 1 rings (SSSR count). The second-order valence-corrected chi connectivity index (χ2v) is 2.72. The molecule has 0 aliphatic carbocycles. The number of rotatable bonds is 2. The Balaban J connectivity index is 0.00000144. The van der Waals surface area contributed by atoms with Crippen LogP contribution in [0.1, 0.15) is 24.9 Å². The van der Waals surface area contributed by atoms with Crippen molar-refractivity contribution in [3.8, 4) is 5.75 Å². The monoisotopic (exact) mass is 205 g/mol. The Bertz CT molecular complexity index is 280. The fourth-order valence-corrected chi connectivity index (χ4v) is 1.04. The minimum absolute atomic E-state index is 0. The van der Waals surface area contributed by atoms with Gasteiger partial charge >= 0.3 is 0 Å². The first-order valence-electron chi connectivity index (χ1n) is 3.89. The van der Waals surface area contributed by atoms with Gasteiger partial charge < -0.3 is 10.8 Å². The highest BCUT2D eigenvalue weighted by Crippen LogP contribution is 2.21. The topological polar surface area (TPSA) is 46.2 Å². The molecule has 2 nitrogen and oxygen atoms in total. The van der Waals surface area contributed by atoms with E-state index in [2.05, 4.69) is 0 Å². The van der Waals surface area contributed by atoms with Crippen molar-refractivity contribution in [3.63, 3.8) is 0 Å². The predicted octanol–water partition coefficient (Wildman–Crippen LogP) is 2.36. The molecular formula is C9H13ClFNO. The molecule has 0 spiro atoms. The van der Waals surface area contributed by atoms with Gasteiger partial charge in [0.1, 0.15) is 11.6 Å². The summed E-state index contributed by atoms with van der Waals surface area (Å²) in [6.07, 6.45) is 0.682. The van der Waals surface area contributed by atoms with Crippen LogP contribution in [0.15, 0.2) is 18.2 Å². The van der Waals surface area contributed by atoms with Crippen LogP contribution in [0.5, 0.6) is 5.75 Å². The maximum absolute atomic E-state index is 13.0. The molecule has 4 heteroatoms. The van der Waals surface area contributed by atoms with Gasteiger partial charge in [-0.15, -0.1) is 12.4 Å². The number of benzene rings is 1. The average Bonchev–Trinajstić information content (AvgIpc) is 2.03. The number of aromatic hydroxyl groups is 1. The number of phenols is 1. The van der Waals surface area contributed by atoms with E-state index in [9.17, 15) is 4.39 Å². The zero-order valence-corrected chi connectivity index (χ0v) is 8.14. The van der Waals surface area contributed by atoms with Gasteiger partial charge in [0.05, 0.1) is 0 Å². The number of hydrogen-bond donors (Lipinski definition) is 2. The second-order valence-electron chi connectivity index (χ2n) is 2.72. The highest BCUT2D eigenvalue weighted by molar-refractivity contribution is 5.85. The van der Waals surface area contributed by atoms with E-state index in [0.717, 1.165) is 6.07 Å². The third-order valence-corrected chi connectivity index (χ3v) is 1.82. The first-order chi connectivity index (χ1) is 5.65. The summed E-state index contributed by atoms with van der Waals surface area (Å²) in [6.45, 7) is 1.89. The predicted molar refractivity (Wildman–Crippen MR) is 52.5 cm³/mol. The fraction of sp³-hybridized carbons (Fsp3) is 0.333. The Hall–Kier alpha value is -0.800. The van der Waals surface area contributed by atoms with Crippen LogP contribution in [-0.2, 0) is 0 Å². The van der Waals surface area contributed by atoms with Gasteiger partial charge in [0.2, 0.25) is 0 Å². The van der Waals surface area contributed by atoms with Gasteiger partial charge in [-0.25, -0.2) is 4.39 Å². The van der Waals surface area contributed by atoms with Gasteiger partial charge in [-0.2, -0.15) is 0 Å². The van der Waals surface area contributed by atoms with Gasteiger partial charge in [-0.1, -0.05) is 13.0 Å². The van der Waals surface area contributed by atoms with Gasteiger partial charge in [0.15, 0.2) is 0 Å². The molecule has 0 radical (unpaired) electrons. The van der Waals surface area contributed by atoms with E-state index < -0.39 is 5.82 Å². The number of nitrogens with two attached hydrogens (primary N) is 1. The molecule has 1 aromatic rings. The van der Waals surface area contributed by atoms with Crippen LogP contribution in [0.2, 0.25) is 0 Å². The molecule has 0 bridgehead atoms. The summed E-state index contributed by atoms with van der Waals surface area (Å²) in [5.74, 6) is -0.510. The highest BCUT2D eigenvalue weighted by Gasteiger charge is 2.09. The summed E-state index contributed by atoms with van der Waals surface area (Å²) in [6, 6.07) is 3.74. The standard InChI is InChI=1S/C9H12FNO.ClH/c1-2-9(11)7-4-3-6(12)5-8(7)10;/h3-5,9,12H,2,11H2,1H3;1H/t9-;/m0./s1. The average molecular weight is 206 g/mol. The van der Waals surface area contributed by atoms with Crippen LogP contribution in [0, 0.1) is 5.82 Å². The van der Waals surface area contributed by atoms with Crippen molar-refractivity contribution in [3.05, 3.63) is 29.6 Å². The summed E-state index contributed by atoms with van der Waals surface area (Å²) in [5.41, 5.74) is 6.08. The molecule has 0 saturated carbocycles. The molecule has 0 unspecified atom stereocenters. The summed E-state index contributed by atoms with van der Waals surface area (Å²) >= 11 is 0. The van der Waals surface area contributed by atoms with Crippen LogP contribution in [-0.4, -0.2) is 5.11 Å². The smallest absolute Gasteiger partial charge is 0.131 e. The molecule has 0 aliphatic heterocycles. The fourth-order valence-electron chi connectivity index (χ4n) is 1.04. The summed E-state index contributed by atoms with van der Waals surface area (Å²) in [7, 11) is 0. The lowest BCUT2D eigenvalue weighted by atomic mass is 10.1. The molecule has 74 valence electrons. The van der Waals surface area contributed by atoms with Crippen molar-refractivity contribution >= 4 is 12.4 Å². The van der Waals surface area contributed by atoms with Crippen LogP contribution in [0.25, 0.3) is 0 Å².